The van der Waals surface area contributed by atoms with Gasteiger partial charge in [-0.05, 0) is 32.4 Å². The summed E-state index contributed by atoms with van der Waals surface area (Å²) in [5, 5.41) is 13.8. The second kappa shape index (κ2) is 7.97. The van der Waals surface area contributed by atoms with Crippen LogP contribution >= 0.6 is 23.1 Å². The van der Waals surface area contributed by atoms with Gasteiger partial charge in [-0.1, -0.05) is 16.9 Å². The standard InChI is InChI=1S/C17H16N6O2S2/c1-10-14(27-11(2)19-10)16-21-22-17(24-16)26-9-3-4-13-20-15(23-25-13)12-5-7-18-8-6-12/h5-8H,3-4,9H2,1-2H3. The van der Waals surface area contributed by atoms with Crippen LogP contribution in [0.25, 0.3) is 22.2 Å². The summed E-state index contributed by atoms with van der Waals surface area (Å²) in [6, 6.07) is 3.70. The lowest BCUT2D eigenvalue weighted by atomic mass is 10.2. The molecule has 0 radical (unpaired) electrons. The Balaban J connectivity index is 1.29. The molecule has 4 heterocycles. The Hall–Kier alpha value is -2.59. The maximum absolute atomic E-state index is 5.73. The van der Waals surface area contributed by atoms with Gasteiger partial charge in [0.1, 0.15) is 4.88 Å². The number of thioether (sulfide) groups is 1. The first kappa shape index (κ1) is 17.8. The van der Waals surface area contributed by atoms with Gasteiger partial charge in [-0.25, -0.2) is 4.98 Å². The second-order valence-electron chi connectivity index (χ2n) is 5.72. The van der Waals surface area contributed by atoms with Crippen molar-refractivity contribution in [2.45, 2.75) is 31.9 Å². The average Bonchev–Trinajstić information content (AvgIpc) is 3.40. The molecule has 4 rings (SSSR count). The molecule has 0 aliphatic carbocycles. The van der Waals surface area contributed by atoms with Gasteiger partial charge in [0.05, 0.1) is 10.7 Å². The van der Waals surface area contributed by atoms with Gasteiger partial charge in [-0.2, -0.15) is 4.98 Å². The molecule has 0 aromatic carbocycles. The van der Waals surface area contributed by atoms with E-state index in [4.69, 9.17) is 8.94 Å². The zero-order valence-electron chi connectivity index (χ0n) is 14.7. The zero-order valence-corrected chi connectivity index (χ0v) is 16.4. The minimum Gasteiger partial charge on any atom is -0.410 e. The molecule has 0 amide bonds. The number of nitrogens with zero attached hydrogens (tertiary/aromatic N) is 6. The van der Waals surface area contributed by atoms with Crippen molar-refractivity contribution in [1.82, 2.24) is 30.3 Å². The van der Waals surface area contributed by atoms with Crippen molar-refractivity contribution in [3.8, 4) is 22.2 Å². The van der Waals surface area contributed by atoms with Crippen molar-refractivity contribution >= 4 is 23.1 Å². The normalized spacial score (nSPS) is 11.2. The lowest BCUT2D eigenvalue weighted by Crippen LogP contribution is -1.89. The van der Waals surface area contributed by atoms with Gasteiger partial charge in [0, 0.05) is 30.1 Å². The molecule has 4 aromatic rings. The Labute approximate surface area is 163 Å². The van der Waals surface area contributed by atoms with E-state index in [2.05, 4.69) is 30.3 Å². The first-order valence-corrected chi connectivity index (χ1v) is 10.1. The molecule has 0 aliphatic heterocycles. The van der Waals surface area contributed by atoms with Crippen LogP contribution in [0, 0.1) is 13.8 Å². The van der Waals surface area contributed by atoms with Crippen molar-refractivity contribution < 1.29 is 8.94 Å². The number of pyridine rings is 1. The van der Waals surface area contributed by atoms with Gasteiger partial charge in [-0.15, -0.1) is 21.5 Å². The molecule has 27 heavy (non-hydrogen) atoms. The van der Waals surface area contributed by atoms with Gasteiger partial charge in [0.15, 0.2) is 0 Å². The van der Waals surface area contributed by atoms with Crippen LogP contribution in [0.5, 0.6) is 0 Å². The molecule has 0 spiro atoms. The number of rotatable bonds is 7. The molecule has 4 aromatic heterocycles. The summed E-state index contributed by atoms with van der Waals surface area (Å²) in [7, 11) is 0. The highest BCUT2D eigenvalue weighted by atomic mass is 32.2. The van der Waals surface area contributed by atoms with Gasteiger partial charge in [0.25, 0.3) is 11.1 Å². The fourth-order valence-electron chi connectivity index (χ4n) is 2.45. The molecule has 0 saturated heterocycles. The minimum absolute atomic E-state index is 0.527. The van der Waals surface area contributed by atoms with E-state index in [0.717, 1.165) is 33.3 Å². The Morgan fingerprint density at radius 1 is 1.11 bits per heavy atom. The Morgan fingerprint density at radius 3 is 2.74 bits per heavy atom. The fraction of sp³-hybridized carbons (Fsp3) is 0.294. The van der Waals surface area contributed by atoms with Crippen molar-refractivity contribution in [2.24, 2.45) is 0 Å². The monoisotopic (exact) mass is 400 g/mol. The molecular formula is C17H16N6O2S2. The van der Waals surface area contributed by atoms with Crippen LogP contribution in [-0.2, 0) is 6.42 Å². The van der Waals surface area contributed by atoms with Crippen molar-refractivity contribution in [3.63, 3.8) is 0 Å². The third-order valence-corrected chi connectivity index (χ3v) is 5.64. The molecule has 10 heteroatoms. The molecule has 0 bridgehead atoms. The van der Waals surface area contributed by atoms with Crippen LogP contribution in [-0.4, -0.2) is 36.1 Å². The number of hydrogen-bond donors (Lipinski definition) is 0. The molecule has 0 N–H and O–H groups in total. The molecule has 8 nitrogen and oxygen atoms in total. The lowest BCUT2D eigenvalue weighted by molar-refractivity contribution is 0.378. The first-order chi connectivity index (χ1) is 13.2. The molecule has 0 saturated carbocycles. The maximum atomic E-state index is 5.73. The molecule has 0 aliphatic rings. The quantitative estimate of drug-likeness (QED) is 0.336. The van der Waals surface area contributed by atoms with E-state index in [1.165, 1.54) is 11.8 Å². The van der Waals surface area contributed by atoms with Crippen LogP contribution in [0.15, 0.2) is 38.7 Å². The predicted molar refractivity (Wildman–Crippen MR) is 101 cm³/mol. The second-order valence-corrected chi connectivity index (χ2v) is 7.97. The summed E-state index contributed by atoms with van der Waals surface area (Å²) in [5.74, 6) is 2.54. The van der Waals surface area contributed by atoms with E-state index in [1.807, 2.05) is 26.0 Å². The van der Waals surface area contributed by atoms with Crippen molar-refractivity contribution in [2.75, 3.05) is 5.75 Å². The molecule has 0 unspecified atom stereocenters. The van der Waals surface area contributed by atoms with E-state index in [9.17, 15) is 0 Å². The molecule has 0 fully saturated rings. The summed E-state index contributed by atoms with van der Waals surface area (Å²) in [6.07, 6.45) is 4.96. The molecule has 138 valence electrons. The summed E-state index contributed by atoms with van der Waals surface area (Å²) in [6.45, 7) is 3.91. The van der Waals surface area contributed by atoms with E-state index in [-0.39, 0.29) is 0 Å². The Morgan fingerprint density at radius 2 is 1.96 bits per heavy atom. The first-order valence-electron chi connectivity index (χ1n) is 8.33. The number of aromatic nitrogens is 6. The summed E-state index contributed by atoms with van der Waals surface area (Å²) in [4.78, 5) is 13.7. The third kappa shape index (κ3) is 4.22. The topological polar surface area (TPSA) is 104 Å². The molecule has 0 atom stereocenters. The fourth-order valence-corrected chi connectivity index (χ4v) is 3.99. The van der Waals surface area contributed by atoms with Crippen LogP contribution in [0.4, 0.5) is 0 Å². The zero-order chi connectivity index (χ0) is 18.6. The Kier molecular flexibility index (Phi) is 5.26. The van der Waals surface area contributed by atoms with Gasteiger partial charge >= 0.3 is 0 Å². The highest BCUT2D eigenvalue weighted by Gasteiger charge is 2.15. The van der Waals surface area contributed by atoms with E-state index in [1.54, 1.807) is 23.7 Å². The van der Waals surface area contributed by atoms with Gasteiger partial charge in [-0.3, -0.25) is 4.98 Å². The highest BCUT2D eigenvalue weighted by Crippen LogP contribution is 2.30. The number of hydrogen-bond acceptors (Lipinski definition) is 10. The van der Waals surface area contributed by atoms with E-state index < -0.39 is 0 Å². The van der Waals surface area contributed by atoms with Crippen LogP contribution < -0.4 is 0 Å². The average molecular weight is 400 g/mol. The smallest absolute Gasteiger partial charge is 0.276 e. The van der Waals surface area contributed by atoms with Gasteiger partial charge < -0.3 is 8.94 Å². The minimum atomic E-state index is 0.527. The predicted octanol–water partition coefficient (Wildman–Crippen LogP) is 3.98. The van der Waals surface area contributed by atoms with Crippen molar-refractivity contribution in [3.05, 3.63) is 41.1 Å². The SMILES string of the molecule is Cc1nc(C)c(-c2nnc(SCCCc3nc(-c4ccncc4)no3)o2)s1. The lowest BCUT2D eigenvalue weighted by Gasteiger charge is -1.94. The van der Waals surface area contributed by atoms with E-state index >= 15 is 0 Å². The largest absolute Gasteiger partial charge is 0.410 e. The molecular weight excluding hydrogens is 384 g/mol. The number of thiazole rings is 1. The van der Waals surface area contributed by atoms with Crippen LogP contribution in [0.1, 0.15) is 23.0 Å². The summed E-state index contributed by atoms with van der Waals surface area (Å²) in [5.41, 5.74) is 1.81. The maximum Gasteiger partial charge on any atom is 0.276 e. The van der Waals surface area contributed by atoms with E-state index in [0.29, 0.717) is 29.2 Å². The van der Waals surface area contributed by atoms with Gasteiger partial charge in [0.2, 0.25) is 11.7 Å². The third-order valence-electron chi connectivity index (χ3n) is 3.67. The van der Waals surface area contributed by atoms with Crippen LogP contribution in [0.3, 0.4) is 0 Å². The summed E-state index contributed by atoms with van der Waals surface area (Å²) >= 11 is 3.08. The Bertz CT molecular complexity index is 1030. The van der Waals surface area contributed by atoms with Crippen molar-refractivity contribution in [1.29, 1.82) is 0 Å². The number of aryl methyl sites for hydroxylation is 3. The summed E-state index contributed by atoms with van der Waals surface area (Å²) < 4.78 is 11.0. The van der Waals surface area contributed by atoms with Crippen LogP contribution in [0.2, 0.25) is 0 Å². The highest BCUT2D eigenvalue weighted by molar-refractivity contribution is 7.99.